The van der Waals surface area contributed by atoms with E-state index in [0.29, 0.717) is 29.0 Å². The van der Waals surface area contributed by atoms with Crippen LogP contribution in [0.1, 0.15) is 23.6 Å². The van der Waals surface area contributed by atoms with Gasteiger partial charge in [-0.05, 0) is 41.8 Å². The van der Waals surface area contributed by atoms with Crippen molar-refractivity contribution in [2.24, 2.45) is 0 Å². The van der Waals surface area contributed by atoms with Gasteiger partial charge in [-0.15, -0.1) is 0 Å². The monoisotopic (exact) mass is 479 g/mol. The maximum atomic E-state index is 11.1. The first-order valence-corrected chi connectivity index (χ1v) is 10.4. The predicted octanol–water partition coefficient (Wildman–Crippen LogP) is 6.20. The van der Waals surface area contributed by atoms with Crippen molar-refractivity contribution in [3.63, 3.8) is 0 Å². The molecule has 34 heavy (non-hydrogen) atoms. The third-order valence-electron chi connectivity index (χ3n) is 4.64. The van der Waals surface area contributed by atoms with Crippen LogP contribution in [-0.2, 0) is 6.61 Å². The maximum absolute atomic E-state index is 11.1. The van der Waals surface area contributed by atoms with Crippen LogP contribution >= 0.6 is 11.6 Å². The van der Waals surface area contributed by atoms with Crippen LogP contribution in [0.25, 0.3) is 11.6 Å². The molecule has 0 aliphatic carbocycles. The quantitative estimate of drug-likeness (QED) is 0.154. The fraction of sp³-hybridized carbons (Fsp3) is 0.125. The molecule has 0 aliphatic rings. The minimum atomic E-state index is -0.532. The summed E-state index contributed by atoms with van der Waals surface area (Å²) < 4.78 is 11.5. The van der Waals surface area contributed by atoms with Gasteiger partial charge in [0.05, 0.1) is 33.1 Å². The number of nitro benzene ring substituents is 2. The molecular weight excluding hydrogens is 462 g/mol. The van der Waals surface area contributed by atoms with Gasteiger partial charge >= 0.3 is 0 Å². The summed E-state index contributed by atoms with van der Waals surface area (Å²) in [7, 11) is 0. The van der Waals surface area contributed by atoms with Crippen LogP contribution in [0.4, 0.5) is 11.4 Å². The molecule has 0 spiro atoms. The zero-order valence-electron chi connectivity index (χ0n) is 17.9. The molecule has 0 aromatic heterocycles. The number of nitrogens with zero attached hydrogens (tertiary/aromatic N) is 3. The number of nitro groups is 2. The number of non-ortho nitro benzene ring substituents is 2. The Labute approximate surface area is 199 Å². The van der Waals surface area contributed by atoms with Crippen LogP contribution in [-0.4, -0.2) is 16.5 Å². The number of hydrogen-bond acceptors (Lipinski definition) is 7. The van der Waals surface area contributed by atoms with Gasteiger partial charge in [-0.1, -0.05) is 35.9 Å². The molecule has 0 N–H and O–H groups in total. The third kappa shape index (κ3) is 5.88. The van der Waals surface area contributed by atoms with Gasteiger partial charge in [-0.25, -0.2) is 0 Å². The number of rotatable bonds is 9. The molecule has 0 atom stereocenters. The largest absolute Gasteiger partial charge is 0.490 e. The Morgan fingerprint density at radius 3 is 2.35 bits per heavy atom. The number of allylic oxidation sites excluding steroid dienone is 1. The molecule has 3 aromatic rings. The van der Waals surface area contributed by atoms with E-state index in [9.17, 15) is 25.5 Å². The summed E-state index contributed by atoms with van der Waals surface area (Å²) in [4.78, 5) is 21.0. The number of nitriles is 1. The summed E-state index contributed by atoms with van der Waals surface area (Å²) in [5, 5.41) is 31.9. The van der Waals surface area contributed by atoms with E-state index >= 15 is 0 Å². The Hall–Kier alpha value is -4.42. The van der Waals surface area contributed by atoms with Gasteiger partial charge in [-0.2, -0.15) is 5.26 Å². The van der Waals surface area contributed by atoms with E-state index in [1.807, 2.05) is 6.07 Å². The molecule has 0 bridgehead atoms. The third-order valence-corrected chi connectivity index (χ3v) is 4.92. The normalized spacial score (nSPS) is 10.9. The van der Waals surface area contributed by atoms with Crippen molar-refractivity contribution in [2.75, 3.05) is 6.61 Å². The molecule has 3 aromatic carbocycles. The van der Waals surface area contributed by atoms with Gasteiger partial charge in [0.25, 0.3) is 11.4 Å². The van der Waals surface area contributed by atoms with Crippen molar-refractivity contribution >= 4 is 34.6 Å². The topological polar surface area (TPSA) is 129 Å². The highest BCUT2D eigenvalue weighted by molar-refractivity contribution is 6.32. The highest BCUT2D eigenvalue weighted by Gasteiger charge is 2.15. The average Bonchev–Trinajstić information content (AvgIpc) is 2.82. The van der Waals surface area contributed by atoms with Gasteiger partial charge in [0, 0.05) is 24.3 Å². The zero-order valence-corrected chi connectivity index (χ0v) is 18.7. The van der Waals surface area contributed by atoms with Crippen molar-refractivity contribution in [3.05, 3.63) is 103 Å². The maximum Gasteiger partial charge on any atom is 0.270 e. The first kappa shape index (κ1) is 24.2. The Bertz CT molecular complexity index is 1320. The Kier molecular flexibility index (Phi) is 7.79. The Balaban J connectivity index is 1.93. The van der Waals surface area contributed by atoms with E-state index in [2.05, 4.69) is 0 Å². The summed E-state index contributed by atoms with van der Waals surface area (Å²) in [6.45, 7) is 2.12. The summed E-state index contributed by atoms with van der Waals surface area (Å²) >= 11 is 6.44. The molecule has 9 nitrogen and oxygen atoms in total. The number of ether oxygens (including phenoxy) is 2. The fourth-order valence-electron chi connectivity index (χ4n) is 3.12. The van der Waals surface area contributed by atoms with Crippen molar-refractivity contribution in [1.29, 1.82) is 5.26 Å². The van der Waals surface area contributed by atoms with Gasteiger partial charge in [-0.3, -0.25) is 20.2 Å². The van der Waals surface area contributed by atoms with E-state index in [0.717, 1.165) is 0 Å². The molecule has 0 unspecified atom stereocenters. The smallest absolute Gasteiger partial charge is 0.270 e. The first-order chi connectivity index (χ1) is 16.3. The van der Waals surface area contributed by atoms with Crippen LogP contribution in [0.5, 0.6) is 11.5 Å². The van der Waals surface area contributed by atoms with Crippen molar-refractivity contribution in [2.45, 2.75) is 13.5 Å². The Morgan fingerprint density at radius 1 is 1.03 bits per heavy atom. The molecule has 0 fully saturated rings. The zero-order chi connectivity index (χ0) is 24.7. The van der Waals surface area contributed by atoms with Gasteiger partial charge in [0.1, 0.15) is 6.61 Å². The van der Waals surface area contributed by atoms with E-state index in [-0.39, 0.29) is 34.3 Å². The summed E-state index contributed by atoms with van der Waals surface area (Å²) in [6, 6.07) is 17.1. The lowest BCUT2D eigenvalue weighted by molar-refractivity contribution is -0.385. The predicted molar refractivity (Wildman–Crippen MR) is 127 cm³/mol. The van der Waals surface area contributed by atoms with Gasteiger partial charge in [0.2, 0.25) is 0 Å². The summed E-state index contributed by atoms with van der Waals surface area (Å²) in [5.41, 5.74) is 1.51. The molecule has 10 heteroatoms. The lowest BCUT2D eigenvalue weighted by atomic mass is 10.0. The van der Waals surface area contributed by atoms with E-state index in [4.69, 9.17) is 21.1 Å². The van der Waals surface area contributed by atoms with Crippen molar-refractivity contribution in [3.8, 4) is 17.6 Å². The minimum absolute atomic E-state index is 0.0216. The average molecular weight is 480 g/mol. The van der Waals surface area contributed by atoms with Crippen molar-refractivity contribution in [1.82, 2.24) is 0 Å². The molecule has 0 amide bonds. The first-order valence-electron chi connectivity index (χ1n) is 10.0. The highest BCUT2D eigenvalue weighted by atomic mass is 35.5. The SMILES string of the molecule is CCOc1cc(/C=C(/C#N)c2cccc([N+](=O)[O-])c2)cc(Cl)c1OCc1cccc([N+](=O)[O-])c1. The second kappa shape index (κ2) is 10.9. The molecule has 0 aliphatic heterocycles. The van der Waals surface area contributed by atoms with Crippen molar-refractivity contribution < 1.29 is 19.3 Å². The van der Waals surface area contributed by atoms with Crippen LogP contribution in [0, 0.1) is 31.6 Å². The lowest BCUT2D eigenvalue weighted by Crippen LogP contribution is -2.01. The second-order valence-corrected chi connectivity index (χ2v) is 7.36. The van der Waals surface area contributed by atoms with Crippen LogP contribution in [0.15, 0.2) is 60.7 Å². The molecule has 0 saturated carbocycles. The minimum Gasteiger partial charge on any atom is -0.490 e. The standard InChI is InChI=1S/C24H18ClN3O6/c1-2-33-23-12-17(9-19(14-26)18-6-4-8-21(13-18)28(31)32)11-22(25)24(23)34-15-16-5-3-7-20(10-16)27(29)30/h3-13H,2,15H2,1H3/b19-9-. The molecule has 172 valence electrons. The molecular formula is C24H18ClN3O6. The van der Waals surface area contributed by atoms with E-state index < -0.39 is 9.85 Å². The Morgan fingerprint density at radius 2 is 1.71 bits per heavy atom. The number of halogens is 1. The fourth-order valence-corrected chi connectivity index (χ4v) is 3.40. The molecule has 0 saturated heterocycles. The van der Waals surface area contributed by atoms with E-state index in [1.54, 1.807) is 37.3 Å². The molecule has 3 rings (SSSR count). The number of hydrogen-bond donors (Lipinski definition) is 0. The summed E-state index contributed by atoms with van der Waals surface area (Å²) in [5.74, 6) is 0.573. The molecule has 0 heterocycles. The van der Waals surface area contributed by atoms with Gasteiger partial charge in [0.15, 0.2) is 11.5 Å². The van der Waals surface area contributed by atoms with Crippen LogP contribution < -0.4 is 9.47 Å². The number of benzene rings is 3. The molecule has 0 radical (unpaired) electrons. The second-order valence-electron chi connectivity index (χ2n) is 6.96. The highest BCUT2D eigenvalue weighted by Crippen LogP contribution is 2.38. The lowest BCUT2D eigenvalue weighted by Gasteiger charge is -2.15. The van der Waals surface area contributed by atoms with E-state index in [1.165, 1.54) is 36.4 Å². The van der Waals surface area contributed by atoms with Crippen LogP contribution in [0.2, 0.25) is 5.02 Å². The summed E-state index contributed by atoms with van der Waals surface area (Å²) in [6.07, 6.45) is 1.54. The van der Waals surface area contributed by atoms with Crippen LogP contribution in [0.3, 0.4) is 0 Å². The van der Waals surface area contributed by atoms with Gasteiger partial charge < -0.3 is 9.47 Å².